The van der Waals surface area contributed by atoms with Gasteiger partial charge in [0.25, 0.3) is 11.5 Å². The van der Waals surface area contributed by atoms with Crippen LogP contribution in [0.15, 0.2) is 35.1 Å². The molecule has 98 valence electrons. The molecular weight excluding hydrogens is 242 g/mol. The highest BCUT2D eigenvalue weighted by Gasteiger charge is 2.04. The Morgan fingerprint density at radius 1 is 1.37 bits per heavy atom. The van der Waals surface area contributed by atoms with E-state index < -0.39 is 0 Å². The lowest BCUT2D eigenvalue weighted by Crippen LogP contribution is -2.73. The number of hydrogen-bond acceptors (Lipinski definition) is 2. The first-order valence-corrected chi connectivity index (χ1v) is 5.84. The molecule has 0 amide bonds. The number of nitrogens with two attached hydrogens (primary N) is 1. The van der Waals surface area contributed by atoms with Gasteiger partial charge in [0.1, 0.15) is 0 Å². The zero-order valence-electron chi connectivity index (χ0n) is 10.8. The number of hydrogen-bond donors (Lipinski definition) is 4. The molecule has 0 aliphatic carbocycles. The number of aromatic nitrogens is 2. The number of nitrogens with zero attached hydrogens (tertiary/aromatic N) is 1. The maximum absolute atomic E-state index is 11.3. The van der Waals surface area contributed by atoms with Crippen LogP contribution in [0.25, 0.3) is 0 Å². The molecule has 1 aromatic carbocycles. The van der Waals surface area contributed by atoms with Crippen LogP contribution in [-0.4, -0.2) is 15.9 Å². The zero-order valence-corrected chi connectivity index (χ0v) is 10.8. The number of nitrogens with one attached hydrogen (secondary N) is 3. The van der Waals surface area contributed by atoms with E-state index in [1.54, 1.807) is 6.92 Å². The van der Waals surface area contributed by atoms with E-state index in [9.17, 15) is 4.79 Å². The highest BCUT2D eigenvalue weighted by molar-refractivity contribution is 5.88. The second-order valence-electron chi connectivity index (χ2n) is 4.27. The van der Waals surface area contributed by atoms with Gasteiger partial charge in [0.05, 0.1) is 11.4 Å². The molecule has 0 saturated heterocycles. The number of aromatic amines is 1. The quantitative estimate of drug-likeness (QED) is 0.432. The van der Waals surface area contributed by atoms with Gasteiger partial charge in [-0.15, -0.1) is 4.98 Å². The van der Waals surface area contributed by atoms with Crippen molar-refractivity contribution >= 4 is 17.6 Å². The Hall–Kier alpha value is -2.63. The van der Waals surface area contributed by atoms with Crippen LogP contribution < -0.4 is 21.6 Å². The Kier molecular flexibility index (Phi) is 3.61. The Balaban J connectivity index is 2.21. The minimum atomic E-state index is -0.224. The topological polar surface area (TPSA) is 97.8 Å². The molecule has 1 aromatic heterocycles. The van der Waals surface area contributed by atoms with Gasteiger partial charge in [0.15, 0.2) is 0 Å². The summed E-state index contributed by atoms with van der Waals surface area (Å²) in [6.45, 7) is 3.74. The number of benzene rings is 1. The van der Waals surface area contributed by atoms with Gasteiger partial charge in [-0.1, -0.05) is 12.1 Å². The molecular formula is C13H16N5O+. The Morgan fingerprint density at radius 2 is 2.16 bits per heavy atom. The van der Waals surface area contributed by atoms with Gasteiger partial charge in [-0.05, 0) is 31.5 Å². The Morgan fingerprint density at radius 3 is 2.84 bits per heavy atom. The molecule has 19 heavy (non-hydrogen) atoms. The summed E-state index contributed by atoms with van der Waals surface area (Å²) in [4.78, 5) is 20.8. The molecule has 0 radical (unpaired) electrons. The van der Waals surface area contributed by atoms with Crippen molar-refractivity contribution in [1.29, 1.82) is 0 Å². The van der Waals surface area contributed by atoms with Gasteiger partial charge >= 0.3 is 5.95 Å². The van der Waals surface area contributed by atoms with Gasteiger partial charge in [-0.25, -0.2) is 9.98 Å². The second-order valence-corrected chi connectivity index (χ2v) is 4.27. The summed E-state index contributed by atoms with van der Waals surface area (Å²) < 4.78 is 0. The van der Waals surface area contributed by atoms with Crippen molar-refractivity contribution in [3.63, 3.8) is 0 Å². The predicted molar refractivity (Wildman–Crippen MR) is 74.2 cm³/mol. The lowest BCUT2D eigenvalue weighted by Gasteiger charge is -2.02. The predicted octanol–water partition coefficient (Wildman–Crippen LogP) is -0.474. The monoisotopic (exact) mass is 258 g/mol. The summed E-state index contributed by atoms with van der Waals surface area (Å²) >= 11 is 0. The Labute approximate surface area is 110 Å². The summed E-state index contributed by atoms with van der Waals surface area (Å²) in [5.41, 5.74) is 8.20. The minimum Gasteiger partial charge on any atom is -0.322 e. The number of rotatable bonds is 2. The van der Waals surface area contributed by atoms with Crippen LogP contribution in [0, 0.1) is 13.8 Å². The van der Waals surface area contributed by atoms with Gasteiger partial charge in [-0.3, -0.25) is 10.1 Å². The Bertz CT molecular complexity index is 675. The van der Waals surface area contributed by atoms with Crippen molar-refractivity contribution in [3.8, 4) is 0 Å². The van der Waals surface area contributed by atoms with E-state index in [1.807, 2.05) is 31.2 Å². The fourth-order valence-corrected chi connectivity index (χ4v) is 1.68. The van der Waals surface area contributed by atoms with Crippen molar-refractivity contribution in [2.75, 3.05) is 5.32 Å². The molecule has 0 aliphatic rings. The van der Waals surface area contributed by atoms with Gasteiger partial charge in [0.2, 0.25) is 0 Å². The van der Waals surface area contributed by atoms with Crippen molar-refractivity contribution in [1.82, 2.24) is 9.97 Å². The van der Waals surface area contributed by atoms with Gasteiger partial charge < -0.3 is 5.73 Å². The van der Waals surface area contributed by atoms with Crippen molar-refractivity contribution in [2.24, 2.45) is 5.73 Å². The largest absolute Gasteiger partial charge is 0.325 e. The van der Waals surface area contributed by atoms with Crippen LogP contribution in [0.3, 0.4) is 0 Å². The average Bonchev–Trinajstić information content (AvgIpc) is 2.26. The number of H-pyrrole nitrogens is 1. The average molecular weight is 258 g/mol. The lowest BCUT2D eigenvalue weighted by atomic mass is 10.2. The maximum Gasteiger partial charge on any atom is 0.325 e. The normalized spacial score (nSPS) is 11.4. The number of anilines is 1. The van der Waals surface area contributed by atoms with E-state index in [4.69, 9.17) is 5.73 Å². The molecule has 0 fully saturated rings. The van der Waals surface area contributed by atoms with E-state index in [-0.39, 0.29) is 5.56 Å². The van der Waals surface area contributed by atoms with Crippen molar-refractivity contribution in [2.45, 2.75) is 13.8 Å². The molecule has 0 saturated carbocycles. The molecule has 2 rings (SSSR count). The lowest BCUT2D eigenvalue weighted by molar-refractivity contribution is -0.365. The third-order valence-electron chi connectivity index (χ3n) is 2.42. The number of guanidine groups is 1. The summed E-state index contributed by atoms with van der Waals surface area (Å²) in [6, 6.07) is 9.19. The van der Waals surface area contributed by atoms with Crippen LogP contribution >= 0.6 is 0 Å². The zero-order chi connectivity index (χ0) is 13.8. The van der Waals surface area contributed by atoms with E-state index in [0.717, 1.165) is 11.3 Å². The molecule has 0 spiro atoms. The molecule has 5 N–H and O–H groups in total. The fourth-order valence-electron chi connectivity index (χ4n) is 1.68. The fraction of sp³-hybridized carbons (Fsp3) is 0.154. The first kappa shape index (κ1) is 12.8. The summed E-state index contributed by atoms with van der Waals surface area (Å²) in [5.74, 6) is 0.599. The summed E-state index contributed by atoms with van der Waals surface area (Å²) in [5, 5.41) is 2.99. The third-order valence-corrected chi connectivity index (χ3v) is 2.42. The molecule has 1 heterocycles. The molecule has 6 nitrogen and oxygen atoms in total. The summed E-state index contributed by atoms with van der Waals surface area (Å²) in [7, 11) is 0. The summed E-state index contributed by atoms with van der Waals surface area (Å²) in [6.07, 6.45) is 0. The SMILES string of the molecule is Cc1cccc(NC(N)=[NH+]c2nc(C)cc(=O)[nH]2)c1. The van der Waals surface area contributed by atoms with Crippen molar-refractivity contribution < 1.29 is 4.99 Å². The molecule has 0 unspecified atom stereocenters. The highest BCUT2D eigenvalue weighted by Crippen LogP contribution is 2.08. The van der Waals surface area contributed by atoms with E-state index in [1.165, 1.54) is 6.07 Å². The minimum absolute atomic E-state index is 0.224. The second kappa shape index (κ2) is 5.34. The molecule has 2 aromatic rings. The maximum atomic E-state index is 11.3. The third kappa shape index (κ3) is 3.67. The van der Waals surface area contributed by atoms with E-state index >= 15 is 0 Å². The molecule has 0 atom stereocenters. The molecule has 6 heteroatoms. The van der Waals surface area contributed by atoms with Crippen LogP contribution in [-0.2, 0) is 0 Å². The molecule has 0 aliphatic heterocycles. The van der Waals surface area contributed by atoms with E-state index in [2.05, 4.69) is 20.3 Å². The molecule has 0 bridgehead atoms. The smallest absolute Gasteiger partial charge is 0.322 e. The standard InChI is InChI=1S/C13H15N5O/c1-8-4-3-5-10(6-8)16-12(14)18-13-15-9(2)7-11(19)17-13/h3-7H,1-2H3,(H4,14,15,16,17,18,19)/p+1. The first-order valence-electron chi connectivity index (χ1n) is 5.84. The first-order chi connectivity index (χ1) is 9.02. The van der Waals surface area contributed by atoms with Crippen molar-refractivity contribution in [3.05, 3.63) is 51.9 Å². The highest BCUT2D eigenvalue weighted by atomic mass is 16.1. The van der Waals surface area contributed by atoms with Crippen LogP contribution in [0.5, 0.6) is 0 Å². The van der Waals surface area contributed by atoms with Crippen LogP contribution in [0.2, 0.25) is 0 Å². The van der Waals surface area contributed by atoms with Gasteiger partial charge in [-0.2, -0.15) is 0 Å². The van der Waals surface area contributed by atoms with Crippen LogP contribution in [0.1, 0.15) is 11.3 Å². The number of aryl methyl sites for hydroxylation is 2. The van der Waals surface area contributed by atoms with Gasteiger partial charge in [0, 0.05) is 6.07 Å². The van der Waals surface area contributed by atoms with E-state index in [0.29, 0.717) is 17.6 Å². The van der Waals surface area contributed by atoms with Crippen LogP contribution in [0.4, 0.5) is 11.6 Å².